The van der Waals surface area contributed by atoms with E-state index < -0.39 is 17.6 Å². The summed E-state index contributed by atoms with van der Waals surface area (Å²) < 4.78 is 6.00. The Morgan fingerprint density at radius 1 is 0.970 bits per heavy atom. The van der Waals surface area contributed by atoms with Gasteiger partial charge in [0.1, 0.15) is 11.5 Å². The van der Waals surface area contributed by atoms with Crippen LogP contribution >= 0.6 is 0 Å². The largest absolute Gasteiger partial charge is 0.465 e. The van der Waals surface area contributed by atoms with Crippen molar-refractivity contribution in [3.8, 4) is 11.5 Å². The zero-order chi connectivity index (χ0) is 23.3. The molecule has 0 bridgehead atoms. The number of carboxylic acid groups (broad SMARTS) is 1. The van der Waals surface area contributed by atoms with Crippen molar-refractivity contribution in [3.05, 3.63) is 60.2 Å². The lowest BCUT2D eigenvalue weighted by molar-refractivity contribution is -0.142. The maximum Gasteiger partial charge on any atom is 0.404 e. The first-order chi connectivity index (χ1) is 15.9. The topological polar surface area (TPSA) is 99.1 Å². The summed E-state index contributed by atoms with van der Waals surface area (Å²) in [5.41, 5.74) is -0.347. The number of hydrogen-bond donors (Lipinski definition) is 3. The Kier molecular flexibility index (Phi) is 7.18. The maximum absolute atomic E-state index is 13.8. The predicted octanol–water partition coefficient (Wildman–Crippen LogP) is 4.52. The van der Waals surface area contributed by atoms with Gasteiger partial charge in [0, 0.05) is 19.1 Å². The molecule has 1 heterocycles. The lowest BCUT2D eigenvalue weighted by atomic mass is 9.72. The molecule has 2 fully saturated rings. The number of carbonyl (C=O) groups is 2. The Bertz CT molecular complexity index is 950. The van der Waals surface area contributed by atoms with Crippen LogP contribution in [0.25, 0.3) is 0 Å². The highest BCUT2D eigenvalue weighted by atomic mass is 16.5. The molecule has 2 amide bonds. The molecule has 1 atom stereocenters. The van der Waals surface area contributed by atoms with Gasteiger partial charge in [0.25, 0.3) is 0 Å². The van der Waals surface area contributed by atoms with Crippen molar-refractivity contribution < 1.29 is 24.5 Å². The number of nitrogens with zero attached hydrogens (tertiary/aromatic N) is 1. The standard InChI is InChI=1S/C26H32N2O5/c29-24(28-16-12-20(13-17-28)27-25(30)31)23(26(32)14-5-2-6-15-26)19-8-7-11-22(18-19)33-21-9-3-1-4-10-21/h1,3-4,7-11,18,20,23,27,32H,2,5-6,12-17H2,(H,30,31). The number of ether oxygens (including phenoxy) is 1. The fraction of sp³-hybridized carbons (Fsp3) is 0.462. The Balaban J connectivity index is 1.58. The molecule has 7 heteroatoms. The first kappa shape index (κ1) is 23.1. The van der Waals surface area contributed by atoms with Crippen molar-refractivity contribution in [1.82, 2.24) is 10.2 Å². The Morgan fingerprint density at radius 2 is 1.64 bits per heavy atom. The van der Waals surface area contributed by atoms with E-state index in [1.165, 1.54) is 0 Å². The average molecular weight is 453 g/mol. The smallest absolute Gasteiger partial charge is 0.404 e. The van der Waals surface area contributed by atoms with Crippen LogP contribution < -0.4 is 10.1 Å². The summed E-state index contributed by atoms with van der Waals surface area (Å²) in [6.07, 6.45) is 4.13. The third-order valence-corrected chi connectivity index (χ3v) is 6.81. The molecular formula is C26H32N2O5. The van der Waals surface area contributed by atoms with Gasteiger partial charge < -0.3 is 25.2 Å². The van der Waals surface area contributed by atoms with Crippen molar-refractivity contribution in [1.29, 1.82) is 0 Å². The van der Waals surface area contributed by atoms with Crippen molar-refractivity contribution in [3.63, 3.8) is 0 Å². The third kappa shape index (κ3) is 5.66. The van der Waals surface area contributed by atoms with E-state index in [0.717, 1.165) is 24.8 Å². The molecule has 2 aromatic carbocycles. The summed E-state index contributed by atoms with van der Waals surface area (Å²) >= 11 is 0. The zero-order valence-electron chi connectivity index (χ0n) is 18.8. The molecule has 0 aromatic heterocycles. The highest BCUT2D eigenvalue weighted by Crippen LogP contribution is 2.42. The molecule has 7 nitrogen and oxygen atoms in total. The molecule has 1 aliphatic heterocycles. The molecule has 176 valence electrons. The second-order valence-corrected chi connectivity index (χ2v) is 9.13. The average Bonchev–Trinajstić information content (AvgIpc) is 2.80. The molecule has 1 saturated heterocycles. The van der Waals surface area contributed by atoms with Crippen LogP contribution in [0.4, 0.5) is 4.79 Å². The Morgan fingerprint density at radius 3 is 2.30 bits per heavy atom. The van der Waals surface area contributed by atoms with Crippen LogP contribution in [0.5, 0.6) is 11.5 Å². The molecule has 1 saturated carbocycles. The van der Waals surface area contributed by atoms with Gasteiger partial charge in [0.15, 0.2) is 0 Å². The van der Waals surface area contributed by atoms with Gasteiger partial charge in [-0.3, -0.25) is 4.79 Å². The molecule has 0 spiro atoms. The van der Waals surface area contributed by atoms with Gasteiger partial charge >= 0.3 is 6.09 Å². The van der Waals surface area contributed by atoms with E-state index in [2.05, 4.69) is 5.32 Å². The summed E-state index contributed by atoms with van der Waals surface area (Å²) in [4.78, 5) is 26.5. The van der Waals surface area contributed by atoms with Gasteiger partial charge in [-0.2, -0.15) is 0 Å². The van der Waals surface area contributed by atoms with Gasteiger partial charge in [-0.15, -0.1) is 0 Å². The Labute approximate surface area is 194 Å². The van der Waals surface area contributed by atoms with Crippen molar-refractivity contribution in [2.24, 2.45) is 0 Å². The normalized spacial score (nSPS) is 19.5. The minimum Gasteiger partial charge on any atom is -0.465 e. The summed E-state index contributed by atoms with van der Waals surface area (Å²) in [5.74, 6) is 0.563. The number of nitrogens with one attached hydrogen (secondary N) is 1. The van der Waals surface area contributed by atoms with Crippen LogP contribution in [0.1, 0.15) is 56.4 Å². The predicted molar refractivity (Wildman–Crippen MR) is 124 cm³/mol. The SMILES string of the molecule is O=C(O)NC1CCN(C(=O)C(c2cccc(Oc3ccccc3)c2)C2(O)CCCCC2)CC1. The zero-order valence-corrected chi connectivity index (χ0v) is 18.8. The summed E-state index contributed by atoms with van der Waals surface area (Å²) in [6, 6.07) is 16.8. The summed E-state index contributed by atoms with van der Waals surface area (Å²) in [6.45, 7) is 0.938. The number of amides is 2. The number of piperidine rings is 1. The van der Waals surface area contributed by atoms with E-state index in [0.29, 0.717) is 50.3 Å². The number of hydrogen-bond acceptors (Lipinski definition) is 4. The second kappa shape index (κ2) is 10.3. The monoisotopic (exact) mass is 452 g/mol. The minimum atomic E-state index is -1.10. The number of likely N-dealkylation sites (tertiary alicyclic amines) is 1. The van der Waals surface area contributed by atoms with Crippen molar-refractivity contribution >= 4 is 12.0 Å². The molecule has 1 aliphatic carbocycles. The van der Waals surface area contributed by atoms with Crippen LogP contribution in [0, 0.1) is 0 Å². The first-order valence-corrected chi connectivity index (χ1v) is 11.8. The summed E-state index contributed by atoms with van der Waals surface area (Å²) in [5, 5.41) is 23.2. The van der Waals surface area contributed by atoms with E-state index >= 15 is 0 Å². The number of aliphatic hydroxyl groups is 1. The van der Waals surface area contributed by atoms with E-state index in [1.54, 1.807) is 4.90 Å². The van der Waals surface area contributed by atoms with Gasteiger partial charge in [-0.25, -0.2) is 4.79 Å². The first-order valence-electron chi connectivity index (χ1n) is 11.8. The number of rotatable bonds is 6. The molecule has 2 aliphatic rings. The van der Waals surface area contributed by atoms with Crippen LogP contribution in [-0.4, -0.2) is 51.8 Å². The van der Waals surface area contributed by atoms with Crippen LogP contribution in [0.2, 0.25) is 0 Å². The van der Waals surface area contributed by atoms with E-state index in [-0.39, 0.29) is 11.9 Å². The van der Waals surface area contributed by atoms with E-state index in [9.17, 15) is 14.7 Å². The van der Waals surface area contributed by atoms with Crippen LogP contribution in [0.15, 0.2) is 54.6 Å². The molecule has 2 aromatic rings. The maximum atomic E-state index is 13.8. The summed E-state index contributed by atoms with van der Waals surface area (Å²) in [7, 11) is 0. The van der Waals surface area contributed by atoms with Crippen molar-refractivity contribution in [2.45, 2.75) is 62.5 Å². The quantitative estimate of drug-likeness (QED) is 0.599. The minimum absolute atomic E-state index is 0.0926. The fourth-order valence-corrected chi connectivity index (χ4v) is 5.12. The molecule has 3 N–H and O–H groups in total. The molecular weight excluding hydrogens is 420 g/mol. The fourth-order valence-electron chi connectivity index (χ4n) is 5.12. The third-order valence-electron chi connectivity index (χ3n) is 6.81. The number of carbonyl (C=O) groups excluding carboxylic acids is 1. The van der Waals surface area contributed by atoms with Crippen LogP contribution in [0.3, 0.4) is 0 Å². The van der Waals surface area contributed by atoms with E-state index in [1.807, 2.05) is 54.6 Å². The lowest BCUT2D eigenvalue weighted by Crippen LogP contribution is -2.52. The lowest BCUT2D eigenvalue weighted by Gasteiger charge is -2.42. The molecule has 33 heavy (non-hydrogen) atoms. The van der Waals surface area contributed by atoms with Crippen molar-refractivity contribution in [2.75, 3.05) is 13.1 Å². The van der Waals surface area contributed by atoms with Gasteiger partial charge in [-0.05, 0) is 55.5 Å². The molecule has 0 radical (unpaired) electrons. The number of benzene rings is 2. The number of para-hydroxylation sites is 1. The second-order valence-electron chi connectivity index (χ2n) is 9.13. The van der Waals surface area contributed by atoms with Gasteiger partial charge in [-0.1, -0.05) is 49.6 Å². The van der Waals surface area contributed by atoms with Gasteiger partial charge in [0.05, 0.1) is 11.5 Å². The highest BCUT2D eigenvalue weighted by molar-refractivity contribution is 5.85. The molecule has 1 unspecified atom stereocenters. The van der Waals surface area contributed by atoms with E-state index in [4.69, 9.17) is 9.84 Å². The van der Waals surface area contributed by atoms with Gasteiger partial charge in [0.2, 0.25) is 5.91 Å². The molecule has 4 rings (SSSR count). The van der Waals surface area contributed by atoms with Crippen LogP contribution in [-0.2, 0) is 4.79 Å². The highest BCUT2D eigenvalue weighted by Gasteiger charge is 2.45. The Hall–Kier alpha value is -3.06.